The molecule has 0 aliphatic rings. The number of nitrogens with two attached hydrogens (primary N) is 1. The molecule has 1 heterocycles. The average molecular weight is 258 g/mol. The van der Waals surface area contributed by atoms with Crippen molar-refractivity contribution in [3.63, 3.8) is 0 Å². The largest absolute Gasteiger partial charge is 0.348 e. The molecule has 0 bridgehead atoms. The number of aryl methyl sites for hydroxylation is 1. The van der Waals surface area contributed by atoms with Crippen LogP contribution in [0.1, 0.15) is 35.7 Å². The van der Waals surface area contributed by atoms with E-state index in [-0.39, 0.29) is 11.9 Å². The minimum absolute atomic E-state index is 0.122. The van der Waals surface area contributed by atoms with Gasteiger partial charge in [-0.25, -0.2) is 0 Å². The van der Waals surface area contributed by atoms with E-state index in [1.54, 1.807) is 12.4 Å². The van der Waals surface area contributed by atoms with Crippen molar-refractivity contribution in [1.29, 1.82) is 0 Å². The second kappa shape index (κ2) is 5.67. The summed E-state index contributed by atoms with van der Waals surface area (Å²) in [5, 5.41) is 9.45. The predicted octanol–water partition coefficient (Wildman–Crippen LogP) is 1.60. The number of hydrogen-bond acceptors (Lipinski definition) is 3. The minimum atomic E-state index is -0.657. The number of aromatic amines is 1. The summed E-state index contributed by atoms with van der Waals surface area (Å²) in [4.78, 5) is 12.1. The standard InChI is InChI=1S/C14H18N4O/c1-9-3-5-11(6-4-9)13(15)14(19)18-10(2)12-7-16-17-8-12/h3-8,10,13H,15H2,1-2H3,(H,16,17)(H,18,19). The molecule has 5 heteroatoms. The fourth-order valence-corrected chi connectivity index (χ4v) is 1.81. The zero-order chi connectivity index (χ0) is 13.8. The third kappa shape index (κ3) is 3.20. The zero-order valence-electron chi connectivity index (χ0n) is 11.1. The maximum atomic E-state index is 12.1. The van der Waals surface area contributed by atoms with Crippen LogP contribution in [0.25, 0.3) is 0 Å². The highest BCUT2D eigenvalue weighted by atomic mass is 16.2. The Bertz CT molecular complexity index is 533. The number of rotatable bonds is 4. The summed E-state index contributed by atoms with van der Waals surface area (Å²) in [5.74, 6) is -0.197. The summed E-state index contributed by atoms with van der Waals surface area (Å²) < 4.78 is 0. The Labute approximate surface area is 112 Å². The number of nitrogens with one attached hydrogen (secondary N) is 2. The summed E-state index contributed by atoms with van der Waals surface area (Å²) in [6.45, 7) is 3.89. The molecule has 19 heavy (non-hydrogen) atoms. The molecule has 0 saturated heterocycles. The van der Waals surface area contributed by atoms with E-state index >= 15 is 0 Å². The van der Waals surface area contributed by atoms with Gasteiger partial charge in [0.15, 0.2) is 0 Å². The lowest BCUT2D eigenvalue weighted by Crippen LogP contribution is -2.35. The van der Waals surface area contributed by atoms with E-state index in [0.717, 1.165) is 16.7 Å². The summed E-state index contributed by atoms with van der Waals surface area (Å²) in [6.07, 6.45) is 3.44. The number of nitrogens with zero attached hydrogens (tertiary/aromatic N) is 1. The lowest BCUT2D eigenvalue weighted by atomic mass is 10.0. The molecule has 2 unspecified atom stereocenters. The number of benzene rings is 1. The van der Waals surface area contributed by atoms with Crippen molar-refractivity contribution in [2.45, 2.75) is 25.9 Å². The number of aromatic nitrogens is 2. The Morgan fingerprint density at radius 1 is 1.32 bits per heavy atom. The van der Waals surface area contributed by atoms with Crippen LogP contribution in [0.5, 0.6) is 0 Å². The number of H-pyrrole nitrogens is 1. The molecular weight excluding hydrogens is 240 g/mol. The fraction of sp³-hybridized carbons (Fsp3) is 0.286. The van der Waals surface area contributed by atoms with Gasteiger partial charge in [-0.3, -0.25) is 9.89 Å². The molecule has 100 valence electrons. The van der Waals surface area contributed by atoms with E-state index in [1.807, 2.05) is 38.1 Å². The Morgan fingerprint density at radius 2 is 2.00 bits per heavy atom. The van der Waals surface area contributed by atoms with Gasteiger partial charge in [0.05, 0.1) is 12.2 Å². The van der Waals surface area contributed by atoms with Crippen LogP contribution in [0, 0.1) is 6.92 Å². The van der Waals surface area contributed by atoms with Gasteiger partial charge in [0.25, 0.3) is 0 Å². The van der Waals surface area contributed by atoms with Gasteiger partial charge in [-0.05, 0) is 19.4 Å². The predicted molar refractivity (Wildman–Crippen MR) is 73.3 cm³/mol. The van der Waals surface area contributed by atoms with Crippen molar-refractivity contribution in [2.75, 3.05) is 0 Å². The van der Waals surface area contributed by atoms with Crippen molar-refractivity contribution in [1.82, 2.24) is 15.5 Å². The molecule has 0 spiro atoms. The third-order valence-electron chi connectivity index (χ3n) is 3.10. The molecule has 0 fully saturated rings. The molecule has 2 atom stereocenters. The highest BCUT2D eigenvalue weighted by molar-refractivity contribution is 5.83. The third-order valence-corrected chi connectivity index (χ3v) is 3.10. The molecule has 5 nitrogen and oxygen atoms in total. The van der Waals surface area contributed by atoms with E-state index in [4.69, 9.17) is 5.73 Å². The number of amides is 1. The summed E-state index contributed by atoms with van der Waals surface area (Å²) in [5.41, 5.74) is 8.83. The van der Waals surface area contributed by atoms with Gasteiger partial charge in [-0.15, -0.1) is 0 Å². The molecule has 0 aliphatic heterocycles. The first-order valence-corrected chi connectivity index (χ1v) is 6.19. The summed E-state index contributed by atoms with van der Waals surface area (Å²) in [7, 11) is 0. The Morgan fingerprint density at radius 3 is 2.58 bits per heavy atom. The second-order valence-corrected chi connectivity index (χ2v) is 4.65. The zero-order valence-corrected chi connectivity index (χ0v) is 11.1. The van der Waals surface area contributed by atoms with Crippen LogP contribution in [-0.4, -0.2) is 16.1 Å². The molecule has 1 aromatic heterocycles. The first-order valence-electron chi connectivity index (χ1n) is 6.19. The van der Waals surface area contributed by atoms with E-state index in [9.17, 15) is 4.79 Å². The van der Waals surface area contributed by atoms with E-state index < -0.39 is 6.04 Å². The SMILES string of the molecule is Cc1ccc(C(N)C(=O)NC(C)c2cn[nH]c2)cc1. The summed E-state index contributed by atoms with van der Waals surface area (Å²) in [6, 6.07) is 6.87. The molecule has 1 aromatic carbocycles. The highest BCUT2D eigenvalue weighted by Crippen LogP contribution is 2.14. The number of hydrogen-bond donors (Lipinski definition) is 3. The molecule has 0 radical (unpaired) electrons. The average Bonchev–Trinajstić information content (AvgIpc) is 2.92. The first kappa shape index (κ1) is 13.3. The van der Waals surface area contributed by atoms with Crippen molar-refractivity contribution in [3.8, 4) is 0 Å². The molecule has 4 N–H and O–H groups in total. The van der Waals surface area contributed by atoms with Crippen LogP contribution in [0.15, 0.2) is 36.7 Å². The van der Waals surface area contributed by atoms with Gasteiger partial charge >= 0.3 is 0 Å². The lowest BCUT2D eigenvalue weighted by molar-refractivity contribution is -0.123. The van der Waals surface area contributed by atoms with Crippen LogP contribution in [0.3, 0.4) is 0 Å². The molecule has 1 amide bonds. The maximum absolute atomic E-state index is 12.1. The molecular formula is C14H18N4O. The van der Waals surface area contributed by atoms with Gasteiger partial charge in [0, 0.05) is 11.8 Å². The lowest BCUT2D eigenvalue weighted by Gasteiger charge is -2.17. The molecule has 2 aromatic rings. The van der Waals surface area contributed by atoms with Crippen LogP contribution < -0.4 is 11.1 Å². The van der Waals surface area contributed by atoms with Crippen LogP contribution in [0.4, 0.5) is 0 Å². The smallest absolute Gasteiger partial charge is 0.241 e. The maximum Gasteiger partial charge on any atom is 0.241 e. The van der Waals surface area contributed by atoms with Gasteiger partial charge in [-0.2, -0.15) is 5.10 Å². The van der Waals surface area contributed by atoms with Crippen LogP contribution in [-0.2, 0) is 4.79 Å². The Balaban J connectivity index is 2.01. The van der Waals surface area contributed by atoms with E-state index in [0.29, 0.717) is 0 Å². The van der Waals surface area contributed by atoms with Crippen molar-refractivity contribution < 1.29 is 4.79 Å². The fourth-order valence-electron chi connectivity index (χ4n) is 1.81. The van der Waals surface area contributed by atoms with Crippen molar-refractivity contribution in [3.05, 3.63) is 53.3 Å². The van der Waals surface area contributed by atoms with Crippen LogP contribution >= 0.6 is 0 Å². The van der Waals surface area contributed by atoms with Gasteiger partial charge in [0.2, 0.25) is 5.91 Å². The topological polar surface area (TPSA) is 83.8 Å². The monoisotopic (exact) mass is 258 g/mol. The minimum Gasteiger partial charge on any atom is -0.348 e. The highest BCUT2D eigenvalue weighted by Gasteiger charge is 2.18. The molecule has 0 aliphatic carbocycles. The number of carbonyl (C=O) groups is 1. The summed E-state index contributed by atoms with van der Waals surface area (Å²) >= 11 is 0. The van der Waals surface area contributed by atoms with Gasteiger partial charge in [-0.1, -0.05) is 29.8 Å². The molecule has 2 rings (SSSR count). The number of carbonyl (C=O) groups excluding carboxylic acids is 1. The van der Waals surface area contributed by atoms with Gasteiger partial charge < -0.3 is 11.1 Å². The second-order valence-electron chi connectivity index (χ2n) is 4.65. The van der Waals surface area contributed by atoms with E-state index in [2.05, 4.69) is 15.5 Å². The van der Waals surface area contributed by atoms with Crippen LogP contribution in [0.2, 0.25) is 0 Å². The quantitative estimate of drug-likeness (QED) is 0.778. The molecule has 0 saturated carbocycles. The van der Waals surface area contributed by atoms with Crippen molar-refractivity contribution >= 4 is 5.91 Å². The Kier molecular flexibility index (Phi) is 3.97. The van der Waals surface area contributed by atoms with Gasteiger partial charge in [0.1, 0.15) is 6.04 Å². The van der Waals surface area contributed by atoms with E-state index in [1.165, 1.54) is 0 Å². The first-order chi connectivity index (χ1) is 9.08. The normalized spacial score (nSPS) is 13.8. The Hall–Kier alpha value is -2.14. The van der Waals surface area contributed by atoms with Crippen molar-refractivity contribution in [2.24, 2.45) is 5.73 Å².